The normalized spacial score (nSPS) is 15.0. The molecule has 1 fully saturated rings. The number of rotatable bonds is 5. The summed E-state index contributed by atoms with van der Waals surface area (Å²) in [5.74, 6) is 2.72. The Hall–Kier alpha value is -2.91. The van der Waals surface area contributed by atoms with Gasteiger partial charge in [-0.3, -0.25) is 4.90 Å². The number of halogens is 1. The zero-order chi connectivity index (χ0) is 21.4. The van der Waals surface area contributed by atoms with Crippen LogP contribution in [0.25, 0.3) is 22.6 Å². The smallest absolute Gasteiger partial charge is 0.159 e. The topological polar surface area (TPSA) is 75.1 Å². The molecule has 5 rings (SSSR count). The molecule has 1 aliphatic heterocycles. The third kappa shape index (κ3) is 3.90. The van der Waals surface area contributed by atoms with E-state index in [1.807, 2.05) is 49.9 Å². The first-order valence-electron chi connectivity index (χ1n) is 10.2. The van der Waals surface area contributed by atoms with E-state index < -0.39 is 0 Å². The molecule has 1 saturated heterocycles. The lowest BCUT2D eigenvalue weighted by molar-refractivity contribution is 0.242. The van der Waals surface area contributed by atoms with Gasteiger partial charge in [-0.25, -0.2) is 15.0 Å². The number of ether oxygens (including phenoxy) is 1. The summed E-state index contributed by atoms with van der Waals surface area (Å²) in [6.45, 7) is 4.66. The molecule has 0 unspecified atom stereocenters. The van der Waals surface area contributed by atoms with Crippen molar-refractivity contribution in [3.05, 3.63) is 53.2 Å². The third-order valence-electron chi connectivity index (χ3n) is 5.78. The SMILES string of the molecule is COc1ccc(-c2nc3c(N4CCN(Cc5nccn5C)CC4)c(Br)cnc3[nH]2)cc1. The number of fused-ring (bicyclic) bond motifs is 1. The Morgan fingerprint density at radius 2 is 1.87 bits per heavy atom. The van der Waals surface area contributed by atoms with Crippen LogP contribution in [0.3, 0.4) is 0 Å². The molecule has 160 valence electrons. The van der Waals surface area contributed by atoms with Crippen LogP contribution in [-0.4, -0.2) is 62.7 Å². The van der Waals surface area contributed by atoms with Crippen molar-refractivity contribution in [2.45, 2.75) is 6.54 Å². The van der Waals surface area contributed by atoms with Gasteiger partial charge in [0.05, 0.1) is 23.8 Å². The summed E-state index contributed by atoms with van der Waals surface area (Å²) in [7, 11) is 3.71. The highest BCUT2D eigenvalue weighted by Gasteiger charge is 2.23. The molecule has 0 saturated carbocycles. The van der Waals surface area contributed by atoms with E-state index in [1.54, 1.807) is 7.11 Å². The average Bonchev–Trinajstić information content (AvgIpc) is 3.41. The number of nitrogens with zero attached hydrogens (tertiary/aromatic N) is 6. The first-order chi connectivity index (χ1) is 15.1. The predicted octanol–water partition coefficient (Wildman–Crippen LogP) is 3.45. The molecule has 0 bridgehead atoms. The molecule has 4 heterocycles. The van der Waals surface area contributed by atoms with Gasteiger partial charge in [0.15, 0.2) is 5.65 Å². The van der Waals surface area contributed by atoms with E-state index in [0.29, 0.717) is 0 Å². The zero-order valence-electron chi connectivity index (χ0n) is 17.5. The lowest BCUT2D eigenvalue weighted by Crippen LogP contribution is -2.46. The van der Waals surface area contributed by atoms with Crippen LogP contribution >= 0.6 is 15.9 Å². The number of aromatic amines is 1. The molecule has 9 heteroatoms. The van der Waals surface area contributed by atoms with E-state index >= 15 is 0 Å². The number of imidazole rings is 2. The molecule has 1 aromatic carbocycles. The summed E-state index contributed by atoms with van der Waals surface area (Å²) in [4.78, 5) is 22.1. The second-order valence-corrected chi connectivity index (χ2v) is 8.54. The van der Waals surface area contributed by atoms with E-state index in [-0.39, 0.29) is 0 Å². The fraction of sp³-hybridized carbons (Fsp3) is 0.318. The van der Waals surface area contributed by atoms with Crippen molar-refractivity contribution in [2.75, 3.05) is 38.2 Å². The van der Waals surface area contributed by atoms with Crippen LogP contribution in [0.15, 0.2) is 47.3 Å². The van der Waals surface area contributed by atoms with Crippen molar-refractivity contribution in [1.29, 1.82) is 0 Å². The number of benzene rings is 1. The van der Waals surface area contributed by atoms with Gasteiger partial charge in [-0.1, -0.05) is 0 Å². The standard InChI is InChI=1S/C22H24BrN7O/c1-28-8-7-24-18(28)14-29-9-11-30(12-10-29)20-17(23)13-25-22-19(20)26-21(27-22)15-3-5-16(31-2)6-4-15/h3-8,13H,9-12,14H2,1-2H3,(H,25,26,27). The van der Waals surface area contributed by atoms with E-state index in [9.17, 15) is 0 Å². The monoisotopic (exact) mass is 481 g/mol. The van der Waals surface area contributed by atoms with E-state index in [2.05, 4.69) is 45.2 Å². The summed E-state index contributed by atoms with van der Waals surface area (Å²) in [5, 5.41) is 0. The molecule has 0 radical (unpaired) electrons. The lowest BCUT2D eigenvalue weighted by atomic mass is 10.2. The number of anilines is 1. The minimum Gasteiger partial charge on any atom is -0.497 e. The second-order valence-electron chi connectivity index (χ2n) is 7.68. The van der Waals surface area contributed by atoms with Crippen LogP contribution in [0.2, 0.25) is 0 Å². The van der Waals surface area contributed by atoms with Gasteiger partial charge in [-0.05, 0) is 40.2 Å². The third-order valence-corrected chi connectivity index (χ3v) is 6.36. The minimum atomic E-state index is 0.791. The van der Waals surface area contributed by atoms with E-state index in [1.165, 1.54) is 0 Å². The van der Waals surface area contributed by atoms with Crippen LogP contribution in [0.5, 0.6) is 5.75 Å². The second kappa shape index (κ2) is 8.32. The average molecular weight is 482 g/mol. The van der Waals surface area contributed by atoms with Gasteiger partial charge >= 0.3 is 0 Å². The maximum absolute atomic E-state index is 5.26. The largest absolute Gasteiger partial charge is 0.497 e. The Balaban J connectivity index is 1.38. The minimum absolute atomic E-state index is 0.791. The van der Waals surface area contributed by atoms with Crippen molar-refractivity contribution >= 4 is 32.8 Å². The van der Waals surface area contributed by atoms with E-state index in [4.69, 9.17) is 9.72 Å². The first kappa shape index (κ1) is 20.0. The van der Waals surface area contributed by atoms with Gasteiger partial charge in [0.1, 0.15) is 22.9 Å². The number of H-pyrrole nitrogens is 1. The molecule has 4 aromatic rings. The molecule has 1 N–H and O–H groups in total. The van der Waals surface area contributed by atoms with Crippen LogP contribution in [0.1, 0.15) is 5.82 Å². The number of aromatic nitrogens is 5. The Labute approximate surface area is 189 Å². The van der Waals surface area contributed by atoms with Crippen molar-refractivity contribution in [3.8, 4) is 17.1 Å². The molecular formula is C22H24BrN7O. The van der Waals surface area contributed by atoms with Crippen LogP contribution in [0.4, 0.5) is 5.69 Å². The van der Waals surface area contributed by atoms with Gasteiger partial charge in [-0.15, -0.1) is 0 Å². The molecule has 0 spiro atoms. The van der Waals surface area contributed by atoms with E-state index in [0.717, 1.165) is 77.0 Å². The Bertz CT molecular complexity index is 1190. The Morgan fingerprint density at radius 1 is 1.10 bits per heavy atom. The van der Waals surface area contributed by atoms with Crippen LogP contribution in [-0.2, 0) is 13.6 Å². The summed E-state index contributed by atoms with van der Waals surface area (Å²) in [6, 6.07) is 7.88. The number of piperazine rings is 1. The molecular weight excluding hydrogens is 458 g/mol. The summed E-state index contributed by atoms with van der Waals surface area (Å²) in [6.07, 6.45) is 5.71. The number of methoxy groups -OCH3 is 1. The quantitative estimate of drug-likeness (QED) is 0.470. The number of hydrogen-bond acceptors (Lipinski definition) is 6. The van der Waals surface area contributed by atoms with Crippen LogP contribution in [0, 0.1) is 0 Å². The van der Waals surface area contributed by atoms with Gasteiger partial charge in [-0.2, -0.15) is 0 Å². The molecule has 8 nitrogen and oxygen atoms in total. The maximum atomic E-state index is 5.26. The maximum Gasteiger partial charge on any atom is 0.159 e. The highest BCUT2D eigenvalue weighted by atomic mass is 79.9. The zero-order valence-corrected chi connectivity index (χ0v) is 19.1. The van der Waals surface area contributed by atoms with Crippen molar-refractivity contribution in [1.82, 2.24) is 29.4 Å². The van der Waals surface area contributed by atoms with Gasteiger partial charge in [0, 0.05) is 57.4 Å². The van der Waals surface area contributed by atoms with Gasteiger partial charge < -0.3 is 19.2 Å². The number of aryl methyl sites for hydroxylation is 1. The van der Waals surface area contributed by atoms with Crippen LogP contribution < -0.4 is 9.64 Å². The summed E-state index contributed by atoms with van der Waals surface area (Å²) < 4.78 is 8.31. The molecule has 31 heavy (non-hydrogen) atoms. The number of nitrogens with one attached hydrogen (secondary N) is 1. The molecule has 0 amide bonds. The summed E-state index contributed by atoms with van der Waals surface area (Å²) in [5.41, 5.74) is 3.77. The fourth-order valence-electron chi connectivity index (χ4n) is 3.98. The highest BCUT2D eigenvalue weighted by molar-refractivity contribution is 9.10. The van der Waals surface area contributed by atoms with Crippen molar-refractivity contribution < 1.29 is 4.74 Å². The lowest BCUT2D eigenvalue weighted by Gasteiger charge is -2.36. The first-order valence-corrected chi connectivity index (χ1v) is 11.0. The highest BCUT2D eigenvalue weighted by Crippen LogP contribution is 2.34. The number of pyridine rings is 1. The van der Waals surface area contributed by atoms with Gasteiger partial charge in [0.25, 0.3) is 0 Å². The molecule has 3 aromatic heterocycles. The van der Waals surface area contributed by atoms with Crippen molar-refractivity contribution in [3.63, 3.8) is 0 Å². The Kier molecular flexibility index (Phi) is 5.37. The predicted molar refractivity (Wildman–Crippen MR) is 124 cm³/mol. The number of hydrogen-bond donors (Lipinski definition) is 1. The van der Waals surface area contributed by atoms with Gasteiger partial charge in [0.2, 0.25) is 0 Å². The summed E-state index contributed by atoms with van der Waals surface area (Å²) >= 11 is 3.71. The molecule has 0 aliphatic carbocycles. The molecule has 1 aliphatic rings. The molecule has 0 atom stereocenters. The fourth-order valence-corrected chi connectivity index (χ4v) is 4.52. The van der Waals surface area contributed by atoms with Crippen molar-refractivity contribution in [2.24, 2.45) is 7.05 Å². The Morgan fingerprint density at radius 3 is 2.55 bits per heavy atom.